The van der Waals surface area contributed by atoms with Gasteiger partial charge in [-0.15, -0.1) is 0 Å². The van der Waals surface area contributed by atoms with E-state index in [2.05, 4.69) is 19.2 Å². The van der Waals surface area contributed by atoms with Crippen LogP contribution in [0.5, 0.6) is 0 Å². The smallest absolute Gasteiger partial charge is 0.0809 e. The summed E-state index contributed by atoms with van der Waals surface area (Å²) in [5, 5.41) is 3.63. The van der Waals surface area contributed by atoms with Gasteiger partial charge in [0.25, 0.3) is 0 Å². The fourth-order valence-electron chi connectivity index (χ4n) is 2.76. The van der Waals surface area contributed by atoms with E-state index in [9.17, 15) is 0 Å². The van der Waals surface area contributed by atoms with Crippen molar-refractivity contribution < 1.29 is 9.47 Å². The van der Waals surface area contributed by atoms with Crippen LogP contribution in [0.3, 0.4) is 0 Å². The Hall–Kier alpha value is -0.120. The zero-order valence-corrected chi connectivity index (χ0v) is 10.6. The van der Waals surface area contributed by atoms with Gasteiger partial charge in [-0.1, -0.05) is 6.92 Å². The molecule has 0 spiro atoms. The Bertz CT molecular complexity index is 204. The molecule has 0 saturated carbocycles. The fraction of sp³-hybridized carbons (Fsp3) is 1.00. The van der Waals surface area contributed by atoms with Crippen LogP contribution in [0.15, 0.2) is 0 Å². The van der Waals surface area contributed by atoms with Crippen molar-refractivity contribution in [2.24, 2.45) is 0 Å². The van der Waals surface area contributed by atoms with E-state index in [-0.39, 0.29) is 0 Å². The molecular formula is C13H25NO2. The van der Waals surface area contributed by atoms with Gasteiger partial charge in [0.1, 0.15) is 0 Å². The molecule has 4 unspecified atom stereocenters. The third-order valence-corrected chi connectivity index (χ3v) is 3.79. The molecule has 2 aliphatic rings. The number of ether oxygens (including phenoxy) is 2. The van der Waals surface area contributed by atoms with Gasteiger partial charge < -0.3 is 14.8 Å². The van der Waals surface area contributed by atoms with Crippen LogP contribution in [0, 0.1) is 0 Å². The summed E-state index contributed by atoms with van der Waals surface area (Å²) < 4.78 is 11.6. The van der Waals surface area contributed by atoms with Crippen LogP contribution >= 0.6 is 0 Å². The molecule has 1 N–H and O–H groups in total. The summed E-state index contributed by atoms with van der Waals surface area (Å²) in [6.45, 7) is 6.21. The van der Waals surface area contributed by atoms with Gasteiger partial charge in [0.2, 0.25) is 0 Å². The van der Waals surface area contributed by atoms with Crippen molar-refractivity contribution in [3.05, 3.63) is 0 Å². The van der Waals surface area contributed by atoms with Crippen LogP contribution in [0.1, 0.15) is 46.0 Å². The van der Waals surface area contributed by atoms with Crippen molar-refractivity contribution >= 4 is 0 Å². The molecular weight excluding hydrogens is 202 g/mol. The lowest BCUT2D eigenvalue weighted by Gasteiger charge is -2.36. The Kier molecular flexibility index (Phi) is 4.62. The van der Waals surface area contributed by atoms with Gasteiger partial charge >= 0.3 is 0 Å². The van der Waals surface area contributed by atoms with Gasteiger partial charge in [-0.25, -0.2) is 0 Å². The summed E-state index contributed by atoms with van der Waals surface area (Å²) >= 11 is 0. The van der Waals surface area contributed by atoms with Gasteiger partial charge in [0.05, 0.1) is 18.8 Å². The average molecular weight is 227 g/mol. The molecule has 4 atom stereocenters. The van der Waals surface area contributed by atoms with Crippen LogP contribution < -0.4 is 5.32 Å². The van der Waals surface area contributed by atoms with Gasteiger partial charge in [-0.2, -0.15) is 0 Å². The van der Waals surface area contributed by atoms with E-state index in [0.29, 0.717) is 24.3 Å². The van der Waals surface area contributed by atoms with Gasteiger partial charge in [0, 0.05) is 18.7 Å². The van der Waals surface area contributed by atoms with Crippen molar-refractivity contribution in [3.63, 3.8) is 0 Å². The molecule has 94 valence electrons. The summed E-state index contributed by atoms with van der Waals surface area (Å²) in [5.74, 6) is 0. The van der Waals surface area contributed by atoms with E-state index in [1.165, 1.54) is 25.7 Å². The number of hydrogen-bond acceptors (Lipinski definition) is 3. The Morgan fingerprint density at radius 1 is 1.31 bits per heavy atom. The maximum absolute atomic E-state index is 6.03. The van der Waals surface area contributed by atoms with Crippen LogP contribution in [0.2, 0.25) is 0 Å². The third kappa shape index (κ3) is 3.19. The molecule has 0 aliphatic carbocycles. The molecule has 3 nitrogen and oxygen atoms in total. The van der Waals surface area contributed by atoms with E-state index >= 15 is 0 Å². The maximum atomic E-state index is 6.03. The van der Waals surface area contributed by atoms with Gasteiger partial charge in [0.15, 0.2) is 0 Å². The first kappa shape index (κ1) is 12.3. The lowest BCUT2D eigenvalue weighted by Crippen LogP contribution is -2.50. The molecule has 0 bridgehead atoms. The second-order valence-corrected chi connectivity index (χ2v) is 5.17. The summed E-state index contributed by atoms with van der Waals surface area (Å²) in [6.07, 6.45) is 6.70. The molecule has 0 amide bonds. The topological polar surface area (TPSA) is 30.5 Å². The van der Waals surface area contributed by atoms with Gasteiger partial charge in [-0.05, 0) is 39.0 Å². The molecule has 0 aromatic rings. The first-order chi connectivity index (χ1) is 7.79. The summed E-state index contributed by atoms with van der Waals surface area (Å²) in [4.78, 5) is 0. The highest BCUT2D eigenvalue weighted by Crippen LogP contribution is 2.20. The van der Waals surface area contributed by atoms with E-state index in [0.717, 1.165) is 19.6 Å². The highest BCUT2D eigenvalue weighted by Gasteiger charge is 2.28. The van der Waals surface area contributed by atoms with E-state index in [1.54, 1.807) is 0 Å². The molecule has 2 aliphatic heterocycles. The molecule has 0 aromatic heterocycles. The summed E-state index contributed by atoms with van der Waals surface area (Å²) in [5.41, 5.74) is 0. The van der Waals surface area contributed by atoms with E-state index < -0.39 is 0 Å². The van der Waals surface area contributed by atoms with Crippen LogP contribution in [-0.4, -0.2) is 37.5 Å². The Morgan fingerprint density at radius 3 is 2.88 bits per heavy atom. The monoisotopic (exact) mass is 227 g/mol. The summed E-state index contributed by atoms with van der Waals surface area (Å²) in [7, 11) is 0. The molecule has 0 radical (unpaired) electrons. The highest BCUT2D eigenvalue weighted by atomic mass is 16.5. The largest absolute Gasteiger partial charge is 0.376 e. The van der Waals surface area contributed by atoms with Gasteiger partial charge in [-0.3, -0.25) is 0 Å². The number of nitrogens with one attached hydrogen (secondary N) is 1. The van der Waals surface area contributed by atoms with Crippen molar-refractivity contribution in [1.82, 2.24) is 5.32 Å². The van der Waals surface area contributed by atoms with Crippen molar-refractivity contribution in [2.45, 2.75) is 70.2 Å². The Morgan fingerprint density at radius 2 is 2.19 bits per heavy atom. The van der Waals surface area contributed by atoms with Crippen LogP contribution in [0.25, 0.3) is 0 Å². The molecule has 3 heteroatoms. The lowest BCUT2D eigenvalue weighted by molar-refractivity contribution is -0.0482. The number of hydrogen-bond donors (Lipinski definition) is 1. The quantitative estimate of drug-likeness (QED) is 0.798. The van der Waals surface area contributed by atoms with Crippen molar-refractivity contribution in [3.8, 4) is 0 Å². The van der Waals surface area contributed by atoms with Crippen LogP contribution in [-0.2, 0) is 9.47 Å². The zero-order valence-electron chi connectivity index (χ0n) is 10.6. The Labute approximate surface area is 98.9 Å². The molecule has 2 heterocycles. The molecule has 0 aromatic carbocycles. The SMILES string of the molecule is CCC1NC(C)CCC1OCC1CCCO1. The van der Waals surface area contributed by atoms with Crippen LogP contribution in [0.4, 0.5) is 0 Å². The fourth-order valence-corrected chi connectivity index (χ4v) is 2.76. The van der Waals surface area contributed by atoms with E-state index in [1.807, 2.05) is 0 Å². The molecule has 16 heavy (non-hydrogen) atoms. The molecule has 2 saturated heterocycles. The minimum Gasteiger partial charge on any atom is -0.376 e. The molecule has 2 rings (SSSR count). The minimum absolute atomic E-state index is 0.358. The summed E-state index contributed by atoms with van der Waals surface area (Å²) in [6, 6.07) is 1.18. The minimum atomic E-state index is 0.358. The molecule has 2 fully saturated rings. The number of piperidine rings is 1. The van der Waals surface area contributed by atoms with E-state index in [4.69, 9.17) is 9.47 Å². The average Bonchev–Trinajstić information content (AvgIpc) is 2.80. The predicted molar refractivity (Wildman–Crippen MR) is 64.6 cm³/mol. The predicted octanol–water partition coefficient (Wildman–Crippen LogP) is 2.10. The maximum Gasteiger partial charge on any atom is 0.0809 e. The highest BCUT2D eigenvalue weighted by molar-refractivity contribution is 4.85. The van der Waals surface area contributed by atoms with Crippen molar-refractivity contribution in [2.75, 3.05) is 13.2 Å². The first-order valence-electron chi connectivity index (χ1n) is 6.79. The zero-order chi connectivity index (χ0) is 11.4. The second kappa shape index (κ2) is 5.99. The second-order valence-electron chi connectivity index (χ2n) is 5.17. The first-order valence-corrected chi connectivity index (χ1v) is 6.79. The standard InChI is InChI=1S/C13H25NO2/c1-3-12-13(7-6-10(2)14-12)16-9-11-5-4-8-15-11/h10-14H,3-9H2,1-2H3. The lowest BCUT2D eigenvalue weighted by atomic mass is 9.95. The normalized spacial score (nSPS) is 40.1. The van der Waals surface area contributed by atoms with Crippen molar-refractivity contribution in [1.29, 1.82) is 0 Å². The Balaban J connectivity index is 1.74. The number of rotatable bonds is 4. The third-order valence-electron chi connectivity index (χ3n) is 3.79.